The summed E-state index contributed by atoms with van der Waals surface area (Å²) in [6, 6.07) is 16.3. The van der Waals surface area contributed by atoms with Crippen molar-refractivity contribution in [2.75, 3.05) is 0 Å². The number of thiophene rings is 1. The van der Waals surface area contributed by atoms with Crippen molar-refractivity contribution in [2.45, 2.75) is 32.6 Å². The van der Waals surface area contributed by atoms with Crippen LogP contribution in [0, 0.1) is 5.92 Å². The van der Waals surface area contributed by atoms with E-state index in [9.17, 15) is 4.79 Å². The maximum absolute atomic E-state index is 12.5. The molecule has 1 aromatic heterocycles. The lowest BCUT2D eigenvalue weighted by atomic mass is 9.87. The minimum Gasteiger partial charge on any atom is -0.266 e. The van der Waals surface area contributed by atoms with Gasteiger partial charge in [0.05, 0.1) is 11.1 Å². The van der Waals surface area contributed by atoms with Crippen molar-refractivity contribution in [3.8, 4) is 0 Å². The second kappa shape index (κ2) is 7.42. The highest BCUT2D eigenvalue weighted by Crippen LogP contribution is 2.33. The van der Waals surface area contributed by atoms with Gasteiger partial charge in [0.2, 0.25) is 0 Å². The number of rotatable bonds is 4. The van der Waals surface area contributed by atoms with E-state index in [1.165, 1.54) is 28.7 Å². The Bertz CT molecular complexity index is 968. The van der Waals surface area contributed by atoms with Crippen LogP contribution in [0.2, 0.25) is 0 Å². The first kappa shape index (κ1) is 17.0. The van der Waals surface area contributed by atoms with Crippen LogP contribution < -0.4 is 5.43 Å². The summed E-state index contributed by atoms with van der Waals surface area (Å²) < 4.78 is 0. The fraction of sp³-hybridized carbons (Fsp3) is 0.273. The lowest BCUT2D eigenvalue weighted by Gasteiger charge is -2.19. The summed E-state index contributed by atoms with van der Waals surface area (Å²) in [6.45, 7) is 2.25. The Morgan fingerprint density at radius 1 is 1.27 bits per heavy atom. The van der Waals surface area contributed by atoms with Gasteiger partial charge in [-0.15, -0.1) is 11.3 Å². The Morgan fingerprint density at radius 3 is 3.00 bits per heavy atom. The predicted molar refractivity (Wildman–Crippen MR) is 109 cm³/mol. The molecule has 0 aliphatic heterocycles. The van der Waals surface area contributed by atoms with E-state index in [2.05, 4.69) is 41.7 Å². The molecule has 0 bridgehead atoms. The van der Waals surface area contributed by atoms with E-state index in [0.717, 1.165) is 34.6 Å². The van der Waals surface area contributed by atoms with E-state index >= 15 is 0 Å². The number of hydrazone groups is 1. The van der Waals surface area contributed by atoms with Crippen LogP contribution >= 0.6 is 11.3 Å². The van der Waals surface area contributed by atoms with Gasteiger partial charge in [0.15, 0.2) is 0 Å². The highest BCUT2D eigenvalue weighted by Gasteiger charge is 2.21. The smallest absolute Gasteiger partial charge is 0.266 e. The van der Waals surface area contributed by atoms with Gasteiger partial charge in [-0.2, -0.15) is 5.10 Å². The molecular weight excluding hydrogens is 340 g/mol. The molecule has 132 valence electrons. The van der Waals surface area contributed by atoms with Crippen LogP contribution in [0.15, 0.2) is 53.6 Å². The van der Waals surface area contributed by atoms with E-state index in [4.69, 9.17) is 0 Å². The molecule has 0 unspecified atom stereocenters. The van der Waals surface area contributed by atoms with Gasteiger partial charge in [-0.1, -0.05) is 55.8 Å². The zero-order valence-electron chi connectivity index (χ0n) is 14.9. The number of hydrogen-bond donors (Lipinski definition) is 1. The standard InChI is InChI=1S/C22H22N2OS/c1-2-15-10-11-20-18(12-15)13-21(26-20)22(25)24-23-14-17-8-5-7-16-6-3-4-9-19(16)17/h3-9,13-15H,2,10-12H2,1H3,(H,24,25)/b23-14-/t15-/m0/s1. The first-order valence-corrected chi connectivity index (χ1v) is 9.99. The van der Waals surface area contributed by atoms with Crippen molar-refractivity contribution < 1.29 is 4.79 Å². The lowest BCUT2D eigenvalue weighted by molar-refractivity contribution is 0.0959. The van der Waals surface area contributed by atoms with E-state index < -0.39 is 0 Å². The summed E-state index contributed by atoms with van der Waals surface area (Å²) in [7, 11) is 0. The van der Waals surface area contributed by atoms with Crippen molar-refractivity contribution in [2.24, 2.45) is 11.0 Å². The second-order valence-corrected chi connectivity index (χ2v) is 7.98. The molecule has 0 saturated carbocycles. The molecular formula is C22H22N2OS. The van der Waals surface area contributed by atoms with Gasteiger partial charge >= 0.3 is 0 Å². The molecule has 0 radical (unpaired) electrons. The summed E-state index contributed by atoms with van der Waals surface area (Å²) in [6.07, 6.45) is 6.39. The van der Waals surface area contributed by atoms with Gasteiger partial charge in [0.25, 0.3) is 5.91 Å². The van der Waals surface area contributed by atoms with Crippen LogP contribution in [-0.4, -0.2) is 12.1 Å². The van der Waals surface area contributed by atoms with E-state index in [-0.39, 0.29) is 5.91 Å². The first-order chi connectivity index (χ1) is 12.7. The summed E-state index contributed by atoms with van der Waals surface area (Å²) in [5.74, 6) is 0.645. The molecule has 1 aliphatic carbocycles. The molecule has 0 saturated heterocycles. The zero-order valence-corrected chi connectivity index (χ0v) is 15.7. The summed E-state index contributed by atoms with van der Waals surface area (Å²) in [5, 5.41) is 6.48. The Kier molecular flexibility index (Phi) is 4.85. The molecule has 1 heterocycles. The van der Waals surface area contributed by atoms with E-state index in [1.807, 2.05) is 24.3 Å². The fourth-order valence-electron chi connectivity index (χ4n) is 3.64. The van der Waals surface area contributed by atoms with Crippen LogP contribution in [0.25, 0.3) is 10.8 Å². The van der Waals surface area contributed by atoms with Crippen molar-refractivity contribution in [3.05, 3.63) is 69.4 Å². The lowest BCUT2D eigenvalue weighted by Crippen LogP contribution is -2.16. The normalized spacial score (nSPS) is 16.7. The van der Waals surface area contributed by atoms with Gasteiger partial charge in [-0.3, -0.25) is 4.79 Å². The van der Waals surface area contributed by atoms with Crippen LogP contribution in [0.3, 0.4) is 0 Å². The molecule has 4 heteroatoms. The molecule has 26 heavy (non-hydrogen) atoms. The maximum Gasteiger partial charge on any atom is 0.281 e. The zero-order chi connectivity index (χ0) is 17.9. The van der Waals surface area contributed by atoms with Crippen LogP contribution in [0.1, 0.15) is 45.4 Å². The molecule has 3 aromatic rings. The summed E-state index contributed by atoms with van der Waals surface area (Å²) in [5.41, 5.74) is 5.04. The minimum absolute atomic E-state index is 0.117. The molecule has 1 atom stereocenters. The van der Waals surface area contributed by atoms with Gasteiger partial charge in [0, 0.05) is 10.4 Å². The maximum atomic E-state index is 12.5. The average molecular weight is 362 g/mol. The van der Waals surface area contributed by atoms with Crippen molar-refractivity contribution in [3.63, 3.8) is 0 Å². The predicted octanol–water partition coefficient (Wildman–Crippen LogP) is 5.18. The van der Waals surface area contributed by atoms with Crippen LogP contribution in [0.5, 0.6) is 0 Å². The topological polar surface area (TPSA) is 41.5 Å². The number of nitrogens with one attached hydrogen (secondary N) is 1. The van der Waals surface area contributed by atoms with E-state index in [0.29, 0.717) is 0 Å². The van der Waals surface area contributed by atoms with Gasteiger partial charge in [-0.05, 0) is 47.6 Å². The third-order valence-electron chi connectivity index (χ3n) is 5.18. The highest BCUT2D eigenvalue weighted by atomic mass is 32.1. The third-order valence-corrected chi connectivity index (χ3v) is 6.41. The van der Waals surface area contributed by atoms with Crippen molar-refractivity contribution in [1.82, 2.24) is 5.43 Å². The Hall–Kier alpha value is -2.46. The number of aryl methyl sites for hydroxylation is 1. The molecule has 4 rings (SSSR count). The number of carbonyl (C=O) groups is 1. The molecule has 1 aliphatic rings. The fourth-order valence-corrected chi connectivity index (χ4v) is 4.74. The number of carbonyl (C=O) groups excluding carboxylic acids is 1. The monoisotopic (exact) mass is 362 g/mol. The summed E-state index contributed by atoms with van der Waals surface area (Å²) in [4.78, 5) is 14.6. The Labute approximate surface area is 157 Å². The highest BCUT2D eigenvalue weighted by molar-refractivity contribution is 7.14. The van der Waals surface area contributed by atoms with Gasteiger partial charge in [0.1, 0.15) is 0 Å². The minimum atomic E-state index is -0.117. The Morgan fingerprint density at radius 2 is 2.12 bits per heavy atom. The molecule has 3 nitrogen and oxygen atoms in total. The molecule has 1 N–H and O–H groups in total. The third kappa shape index (κ3) is 3.42. The first-order valence-electron chi connectivity index (χ1n) is 9.17. The quantitative estimate of drug-likeness (QED) is 0.504. The number of nitrogens with zero attached hydrogens (tertiary/aromatic N) is 1. The van der Waals surface area contributed by atoms with Crippen LogP contribution in [0.4, 0.5) is 0 Å². The molecule has 0 spiro atoms. The number of hydrogen-bond acceptors (Lipinski definition) is 3. The molecule has 2 aromatic carbocycles. The number of benzene rings is 2. The second-order valence-electron chi connectivity index (χ2n) is 6.84. The average Bonchev–Trinajstić information content (AvgIpc) is 3.11. The van der Waals surface area contributed by atoms with Crippen molar-refractivity contribution >= 4 is 34.2 Å². The Balaban J connectivity index is 1.47. The van der Waals surface area contributed by atoms with Crippen LogP contribution in [-0.2, 0) is 12.8 Å². The van der Waals surface area contributed by atoms with Crippen molar-refractivity contribution in [1.29, 1.82) is 0 Å². The SMILES string of the molecule is CC[C@H]1CCc2sc(C(=O)N/N=C\c3cccc4ccccc34)cc2C1. The number of fused-ring (bicyclic) bond motifs is 2. The largest absolute Gasteiger partial charge is 0.281 e. The molecule has 0 fully saturated rings. The molecule has 1 amide bonds. The van der Waals surface area contributed by atoms with E-state index in [1.54, 1.807) is 17.6 Å². The van der Waals surface area contributed by atoms with Gasteiger partial charge in [-0.25, -0.2) is 5.43 Å². The van der Waals surface area contributed by atoms with Gasteiger partial charge < -0.3 is 0 Å². The number of amides is 1. The summed E-state index contributed by atoms with van der Waals surface area (Å²) >= 11 is 1.62.